The molecule has 4 aromatic rings. The predicted octanol–water partition coefficient (Wildman–Crippen LogP) is 5.85. The van der Waals surface area contributed by atoms with Crippen molar-refractivity contribution in [1.29, 1.82) is 0 Å². The molecule has 222 valence electrons. The second-order valence-electron chi connectivity index (χ2n) is 11.1. The number of aromatic nitrogens is 1. The van der Waals surface area contributed by atoms with Crippen LogP contribution in [0.5, 0.6) is 23.0 Å². The first-order valence-corrected chi connectivity index (χ1v) is 13.7. The number of nitrogens with zero attached hydrogens (tertiary/aromatic N) is 1. The lowest BCUT2D eigenvalue weighted by molar-refractivity contribution is -0.132. The number of ether oxygens (including phenoxy) is 3. The van der Waals surface area contributed by atoms with E-state index >= 15 is 4.39 Å². The average Bonchev–Trinajstić information content (AvgIpc) is 3.92. The zero-order chi connectivity index (χ0) is 30.4. The van der Waals surface area contributed by atoms with Crippen molar-refractivity contribution in [2.45, 2.75) is 37.6 Å². The maximum absolute atomic E-state index is 15.2. The van der Waals surface area contributed by atoms with E-state index in [1.54, 1.807) is 24.3 Å². The van der Waals surface area contributed by atoms with Crippen LogP contribution in [0.2, 0.25) is 0 Å². The molecule has 2 saturated carbocycles. The lowest BCUT2D eigenvalue weighted by Crippen LogP contribution is -2.32. The van der Waals surface area contributed by atoms with Crippen molar-refractivity contribution in [3.05, 3.63) is 83.8 Å². The van der Waals surface area contributed by atoms with Gasteiger partial charge in [0.25, 0.3) is 0 Å². The summed E-state index contributed by atoms with van der Waals surface area (Å²) in [6.45, 7) is 0.352. The molecule has 1 heterocycles. The second kappa shape index (κ2) is 10.9. The van der Waals surface area contributed by atoms with E-state index in [9.17, 15) is 18.4 Å². The fourth-order valence-corrected chi connectivity index (χ4v) is 4.81. The van der Waals surface area contributed by atoms with Crippen LogP contribution >= 0.6 is 0 Å². The molecule has 2 aliphatic carbocycles. The number of hydrogen-bond donors (Lipinski definition) is 2. The zero-order valence-corrected chi connectivity index (χ0v) is 23.2. The van der Waals surface area contributed by atoms with Crippen molar-refractivity contribution in [1.82, 2.24) is 4.98 Å². The molecule has 8 nitrogen and oxygen atoms in total. The van der Waals surface area contributed by atoms with Gasteiger partial charge in [0.1, 0.15) is 17.8 Å². The van der Waals surface area contributed by atoms with E-state index in [-0.39, 0.29) is 23.4 Å². The number of nitrogens with two attached hydrogens (primary N) is 1. The molecule has 1 aromatic heterocycles. The smallest absolute Gasteiger partial charge is 0.238 e. The van der Waals surface area contributed by atoms with Gasteiger partial charge in [-0.1, -0.05) is 6.07 Å². The van der Waals surface area contributed by atoms with Crippen LogP contribution in [0.15, 0.2) is 60.8 Å². The second-order valence-corrected chi connectivity index (χ2v) is 11.1. The van der Waals surface area contributed by atoms with Crippen molar-refractivity contribution in [3.63, 3.8) is 0 Å². The molecule has 0 radical (unpaired) electrons. The molecular weight excluding hydrogens is 563 g/mol. The number of methoxy groups -OCH3 is 1. The topological polar surface area (TPSA) is 113 Å². The minimum Gasteiger partial charge on any atom is -0.493 e. The normalized spacial score (nSPS) is 15.9. The average molecular weight is 592 g/mol. The highest BCUT2D eigenvalue weighted by Crippen LogP contribution is 2.48. The number of amides is 1. The molecule has 6 rings (SSSR count). The Bertz CT molecular complexity index is 1750. The maximum Gasteiger partial charge on any atom is 0.238 e. The molecule has 0 spiro atoms. The Kier molecular flexibility index (Phi) is 7.21. The molecular formula is C32H28F3N3O5. The number of carbonyl (C=O) groups excluding carboxylic acids is 2. The number of hydrogen-bond acceptors (Lipinski definition) is 7. The monoisotopic (exact) mass is 591 g/mol. The highest BCUT2D eigenvalue weighted by atomic mass is 19.2. The summed E-state index contributed by atoms with van der Waals surface area (Å²) in [4.78, 5) is 30.3. The van der Waals surface area contributed by atoms with Crippen LogP contribution in [-0.2, 0) is 16.0 Å². The van der Waals surface area contributed by atoms with Gasteiger partial charge in [-0.15, -0.1) is 0 Å². The highest BCUT2D eigenvalue weighted by molar-refractivity contribution is 6.14. The molecule has 3 N–H and O–H groups in total. The fourth-order valence-electron chi connectivity index (χ4n) is 4.81. The third kappa shape index (κ3) is 5.85. The Morgan fingerprint density at radius 1 is 0.884 bits per heavy atom. The number of Topliss-reactive ketones (excluding diaryl/α,β-unsaturated/α-hetero) is 1. The highest BCUT2D eigenvalue weighted by Gasteiger charge is 2.55. The van der Waals surface area contributed by atoms with Crippen molar-refractivity contribution in [3.8, 4) is 23.0 Å². The third-order valence-corrected chi connectivity index (χ3v) is 7.87. The van der Waals surface area contributed by atoms with Gasteiger partial charge in [0.15, 0.2) is 40.5 Å². The molecule has 43 heavy (non-hydrogen) atoms. The van der Waals surface area contributed by atoms with Crippen LogP contribution in [0.25, 0.3) is 10.9 Å². The standard InChI is InChI=1S/C32H28F3N3O5/c1-41-27-15-20-24(16-28(27)42-17-31(36)7-8-31)37-11-6-25(20)43-26-5-2-18(12-23(26)35)13-29(39)32(9-10-32)30(40)38-19-3-4-21(33)22(34)14-19/h2-6,11-12,14-16H,7-10,13,17,36H2,1H3,(H,38,40). The Morgan fingerprint density at radius 2 is 1.67 bits per heavy atom. The third-order valence-electron chi connectivity index (χ3n) is 7.87. The van der Waals surface area contributed by atoms with Gasteiger partial charge < -0.3 is 25.3 Å². The number of rotatable bonds is 11. The lowest BCUT2D eigenvalue weighted by atomic mass is 9.94. The first-order valence-electron chi connectivity index (χ1n) is 13.7. The van der Waals surface area contributed by atoms with Crippen LogP contribution < -0.4 is 25.3 Å². The molecule has 2 fully saturated rings. The number of fused-ring (bicyclic) bond motifs is 1. The summed E-state index contributed by atoms with van der Waals surface area (Å²) in [6.07, 6.45) is 3.75. The van der Waals surface area contributed by atoms with E-state index in [0.717, 1.165) is 25.0 Å². The number of pyridine rings is 1. The minimum absolute atomic E-state index is 0.0442. The molecule has 0 saturated heterocycles. The molecule has 0 aliphatic heterocycles. The van der Waals surface area contributed by atoms with Crippen molar-refractivity contribution < 1.29 is 37.0 Å². The molecule has 0 atom stereocenters. The van der Waals surface area contributed by atoms with Crippen LogP contribution in [-0.4, -0.2) is 35.9 Å². The summed E-state index contributed by atoms with van der Waals surface area (Å²) in [7, 11) is 1.51. The SMILES string of the molecule is COc1cc2c(Oc3ccc(CC(=O)C4(C(=O)Nc5ccc(F)c(F)c5)CC4)cc3F)ccnc2cc1OCC1(N)CC1. The number of nitrogens with one attached hydrogen (secondary N) is 1. The molecule has 0 bridgehead atoms. The summed E-state index contributed by atoms with van der Waals surface area (Å²) in [6, 6.07) is 12.1. The lowest BCUT2D eigenvalue weighted by Gasteiger charge is -2.16. The van der Waals surface area contributed by atoms with Gasteiger partial charge in [-0.05, 0) is 67.6 Å². The number of halogens is 3. The van der Waals surface area contributed by atoms with Crippen molar-refractivity contribution in [2.24, 2.45) is 11.1 Å². The molecule has 0 unspecified atom stereocenters. The van der Waals surface area contributed by atoms with Gasteiger partial charge in [-0.2, -0.15) is 0 Å². The summed E-state index contributed by atoms with van der Waals surface area (Å²) in [5.41, 5.74) is 5.48. The minimum atomic E-state index is -1.29. The summed E-state index contributed by atoms with van der Waals surface area (Å²) < 4.78 is 59.2. The molecule has 2 aliphatic rings. The zero-order valence-electron chi connectivity index (χ0n) is 23.2. The van der Waals surface area contributed by atoms with Crippen molar-refractivity contribution in [2.75, 3.05) is 19.0 Å². The molecule has 1 amide bonds. The Balaban J connectivity index is 1.15. The first kappa shape index (κ1) is 28.5. The summed E-state index contributed by atoms with van der Waals surface area (Å²) in [5, 5.41) is 3.05. The van der Waals surface area contributed by atoms with Crippen LogP contribution in [0.3, 0.4) is 0 Å². The van der Waals surface area contributed by atoms with Gasteiger partial charge >= 0.3 is 0 Å². The number of ketones is 1. The predicted molar refractivity (Wildman–Crippen MR) is 152 cm³/mol. The first-order chi connectivity index (χ1) is 20.6. The fraction of sp³-hybridized carbons (Fsp3) is 0.281. The van der Waals surface area contributed by atoms with Crippen LogP contribution in [0.1, 0.15) is 31.2 Å². The Morgan fingerprint density at radius 3 is 2.35 bits per heavy atom. The van der Waals surface area contributed by atoms with Crippen molar-refractivity contribution >= 4 is 28.3 Å². The van der Waals surface area contributed by atoms with E-state index in [1.165, 1.54) is 31.5 Å². The largest absolute Gasteiger partial charge is 0.493 e. The Labute approximate surface area is 244 Å². The summed E-state index contributed by atoms with van der Waals surface area (Å²) in [5.74, 6) is -2.65. The van der Waals surface area contributed by atoms with E-state index in [4.69, 9.17) is 19.9 Å². The number of benzene rings is 3. The van der Waals surface area contributed by atoms with Gasteiger partial charge in [-0.3, -0.25) is 14.6 Å². The maximum atomic E-state index is 15.2. The van der Waals surface area contributed by atoms with Crippen LogP contribution in [0, 0.1) is 22.9 Å². The van der Waals surface area contributed by atoms with E-state index in [0.29, 0.717) is 53.2 Å². The van der Waals surface area contributed by atoms with E-state index < -0.39 is 34.6 Å². The van der Waals surface area contributed by atoms with E-state index in [2.05, 4.69) is 10.3 Å². The molecule has 3 aromatic carbocycles. The van der Waals surface area contributed by atoms with Crippen LogP contribution in [0.4, 0.5) is 18.9 Å². The summed E-state index contributed by atoms with van der Waals surface area (Å²) >= 11 is 0. The Hall–Kier alpha value is -4.64. The van der Waals surface area contributed by atoms with Gasteiger partial charge in [-0.25, -0.2) is 13.2 Å². The van der Waals surface area contributed by atoms with Gasteiger partial charge in [0.2, 0.25) is 5.91 Å². The number of carbonyl (C=O) groups is 2. The van der Waals surface area contributed by atoms with E-state index in [1.807, 2.05) is 0 Å². The van der Waals surface area contributed by atoms with Gasteiger partial charge in [0, 0.05) is 35.8 Å². The quantitative estimate of drug-likeness (QED) is 0.210. The van der Waals surface area contributed by atoms with Gasteiger partial charge in [0.05, 0.1) is 18.2 Å². The number of anilines is 1. The molecule has 11 heteroatoms.